The molecule has 1 N–H and O–H groups in total. The summed E-state index contributed by atoms with van der Waals surface area (Å²) in [7, 11) is 2.15. The molecule has 0 aliphatic carbocycles. The third-order valence-electron chi connectivity index (χ3n) is 4.71. The highest BCUT2D eigenvalue weighted by atomic mass is 32.1. The van der Waals surface area contributed by atoms with Gasteiger partial charge in [0.15, 0.2) is 5.96 Å². The lowest BCUT2D eigenvalue weighted by atomic mass is 9.97. The van der Waals surface area contributed by atoms with Crippen LogP contribution >= 0.6 is 11.3 Å². The molecule has 4 nitrogen and oxygen atoms in total. The van der Waals surface area contributed by atoms with E-state index in [1.807, 2.05) is 11.3 Å². The molecule has 2 heterocycles. The first-order chi connectivity index (χ1) is 11.7. The van der Waals surface area contributed by atoms with Gasteiger partial charge in [0.2, 0.25) is 0 Å². The predicted molar refractivity (Wildman–Crippen MR) is 106 cm³/mol. The summed E-state index contributed by atoms with van der Waals surface area (Å²) in [5.41, 5.74) is 0. The second-order valence-electron chi connectivity index (χ2n) is 6.77. The van der Waals surface area contributed by atoms with Crippen molar-refractivity contribution in [3.63, 3.8) is 0 Å². The Hall–Kier alpha value is -1.07. The molecule has 1 saturated heterocycles. The summed E-state index contributed by atoms with van der Waals surface area (Å²) in [4.78, 5) is 11.3. The van der Waals surface area contributed by atoms with Crippen LogP contribution in [0.4, 0.5) is 0 Å². The molecule has 0 aromatic carbocycles. The maximum absolute atomic E-state index is 4.91. The molecule has 1 aromatic rings. The van der Waals surface area contributed by atoms with Gasteiger partial charge in [0.1, 0.15) is 0 Å². The van der Waals surface area contributed by atoms with Gasteiger partial charge in [0, 0.05) is 38.1 Å². The number of hydrogen-bond acceptors (Lipinski definition) is 3. The second-order valence-corrected chi connectivity index (χ2v) is 7.80. The highest BCUT2D eigenvalue weighted by Gasteiger charge is 2.19. The summed E-state index contributed by atoms with van der Waals surface area (Å²) in [6, 6.07) is 4.40. The van der Waals surface area contributed by atoms with Crippen LogP contribution in [0, 0.1) is 5.92 Å². The second kappa shape index (κ2) is 10.7. The lowest BCUT2D eigenvalue weighted by Crippen LogP contribution is -2.40. The standard InChI is InChI=1S/C19H34N4S/c1-4-6-11-22(3)19(20-5-2)21-15-17-9-12-23(13-10-17)16-18-8-7-14-24-18/h7-8,14,17H,4-6,9-13,15-16H2,1-3H3,(H,20,21). The lowest BCUT2D eigenvalue weighted by Gasteiger charge is -2.31. The Balaban J connectivity index is 1.76. The smallest absolute Gasteiger partial charge is 0.193 e. The number of likely N-dealkylation sites (tertiary alicyclic amines) is 1. The minimum atomic E-state index is 0.734. The first-order valence-electron chi connectivity index (χ1n) is 9.47. The highest BCUT2D eigenvalue weighted by Crippen LogP contribution is 2.20. The van der Waals surface area contributed by atoms with Crippen molar-refractivity contribution in [3.8, 4) is 0 Å². The molecular formula is C19H34N4S. The summed E-state index contributed by atoms with van der Waals surface area (Å²) in [6.07, 6.45) is 4.99. The number of nitrogens with zero attached hydrogens (tertiary/aromatic N) is 3. The molecule has 0 atom stereocenters. The van der Waals surface area contributed by atoms with Crippen LogP contribution in [0.25, 0.3) is 0 Å². The molecule has 0 unspecified atom stereocenters. The fourth-order valence-electron chi connectivity index (χ4n) is 3.14. The van der Waals surface area contributed by atoms with Gasteiger partial charge >= 0.3 is 0 Å². The zero-order chi connectivity index (χ0) is 17.2. The summed E-state index contributed by atoms with van der Waals surface area (Å²) >= 11 is 1.87. The van der Waals surface area contributed by atoms with Crippen LogP contribution in [0.15, 0.2) is 22.5 Å². The topological polar surface area (TPSA) is 30.9 Å². The highest BCUT2D eigenvalue weighted by molar-refractivity contribution is 7.09. The maximum atomic E-state index is 4.91. The molecule has 0 radical (unpaired) electrons. The SMILES string of the molecule is CCCCN(C)C(=NCC1CCN(Cc2cccs2)CC1)NCC. The Morgan fingerprint density at radius 3 is 2.79 bits per heavy atom. The van der Waals surface area contributed by atoms with Crippen LogP contribution in [0.5, 0.6) is 0 Å². The molecule has 2 rings (SSSR count). The Morgan fingerprint density at radius 1 is 1.38 bits per heavy atom. The van der Waals surface area contributed by atoms with Gasteiger partial charge in [-0.05, 0) is 56.6 Å². The van der Waals surface area contributed by atoms with E-state index in [4.69, 9.17) is 4.99 Å². The Labute approximate surface area is 152 Å². The van der Waals surface area contributed by atoms with Crippen LogP contribution in [-0.4, -0.2) is 55.5 Å². The molecule has 0 amide bonds. The quantitative estimate of drug-likeness (QED) is 0.573. The van der Waals surface area contributed by atoms with Crippen LogP contribution < -0.4 is 5.32 Å². The summed E-state index contributed by atoms with van der Waals surface area (Å²) in [5, 5.41) is 5.61. The van der Waals surface area contributed by atoms with E-state index in [2.05, 4.69) is 53.5 Å². The van der Waals surface area contributed by atoms with E-state index in [9.17, 15) is 0 Å². The van der Waals surface area contributed by atoms with Crippen LogP contribution in [-0.2, 0) is 6.54 Å². The fraction of sp³-hybridized carbons (Fsp3) is 0.737. The van der Waals surface area contributed by atoms with Crippen molar-refractivity contribution in [2.24, 2.45) is 10.9 Å². The van der Waals surface area contributed by atoms with Gasteiger partial charge < -0.3 is 10.2 Å². The number of nitrogens with one attached hydrogen (secondary N) is 1. The van der Waals surface area contributed by atoms with Crippen LogP contribution in [0.2, 0.25) is 0 Å². The van der Waals surface area contributed by atoms with Gasteiger partial charge in [0.05, 0.1) is 0 Å². The van der Waals surface area contributed by atoms with E-state index in [-0.39, 0.29) is 0 Å². The minimum Gasteiger partial charge on any atom is -0.357 e. The van der Waals surface area contributed by atoms with Gasteiger partial charge in [-0.2, -0.15) is 0 Å². The molecule has 136 valence electrons. The van der Waals surface area contributed by atoms with Gasteiger partial charge in [0.25, 0.3) is 0 Å². The number of piperidine rings is 1. The summed E-state index contributed by atoms with van der Waals surface area (Å²) < 4.78 is 0. The number of hydrogen-bond donors (Lipinski definition) is 1. The summed E-state index contributed by atoms with van der Waals surface area (Å²) in [6.45, 7) is 10.9. The van der Waals surface area contributed by atoms with Crippen molar-refractivity contribution in [2.45, 2.75) is 46.1 Å². The maximum Gasteiger partial charge on any atom is 0.193 e. The molecule has 1 aliphatic rings. The first-order valence-corrected chi connectivity index (χ1v) is 10.3. The zero-order valence-electron chi connectivity index (χ0n) is 15.6. The van der Waals surface area contributed by atoms with E-state index in [0.29, 0.717) is 0 Å². The van der Waals surface area contributed by atoms with Crippen LogP contribution in [0.3, 0.4) is 0 Å². The molecule has 1 aliphatic heterocycles. The molecule has 24 heavy (non-hydrogen) atoms. The fourth-order valence-corrected chi connectivity index (χ4v) is 3.88. The Morgan fingerprint density at radius 2 is 2.17 bits per heavy atom. The number of guanidine groups is 1. The molecule has 0 bridgehead atoms. The lowest BCUT2D eigenvalue weighted by molar-refractivity contribution is 0.182. The molecule has 0 saturated carbocycles. The molecule has 1 fully saturated rings. The third kappa shape index (κ3) is 6.44. The number of thiophene rings is 1. The van der Waals surface area contributed by atoms with E-state index < -0.39 is 0 Å². The average Bonchev–Trinajstić information content (AvgIpc) is 3.10. The normalized spacial score (nSPS) is 17.2. The van der Waals surface area contributed by atoms with E-state index in [1.54, 1.807) is 0 Å². The van der Waals surface area contributed by atoms with Gasteiger partial charge in [-0.25, -0.2) is 0 Å². The third-order valence-corrected chi connectivity index (χ3v) is 5.57. The largest absolute Gasteiger partial charge is 0.357 e. The van der Waals surface area contributed by atoms with Crippen molar-refractivity contribution in [2.75, 3.05) is 39.8 Å². The first kappa shape index (κ1) is 19.3. The average molecular weight is 351 g/mol. The zero-order valence-corrected chi connectivity index (χ0v) is 16.4. The Bertz CT molecular complexity index is 464. The molecule has 5 heteroatoms. The van der Waals surface area contributed by atoms with Gasteiger partial charge in [-0.1, -0.05) is 19.4 Å². The van der Waals surface area contributed by atoms with Crippen molar-refractivity contribution >= 4 is 17.3 Å². The van der Waals surface area contributed by atoms with E-state index in [0.717, 1.165) is 38.1 Å². The number of unbranched alkanes of at least 4 members (excludes halogenated alkanes) is 1. The van der Waals surface area contributed by atoms with Crippen LogP contribution in [0.1, 0.15) is 44.4 Å². The van der Waals surface area contributed by atoms with Crippen molar-refractivity contribution in [1.82, 2.24) is 15.1 Å². The monoisotopic (exact) mass is 350 g/mol. The predicted octanol–water partition coefficient (Wildman–Crippen LogP) is 3.66. The molecular weight excluding hydrogens is 316 g/mol. The molecule has 0 spiro atoms. The van der Waals surface area contributed by atoms with E-state index >= 15 is 0 Å². The molecule has 1 aromatic heterocycles. The van der Waals surface area contributed by atoms with Crippen molar-refractivity contribution in [1.29, 1.82) is 0 Å². The number of aliphatic imine (C=N–C) groups is 1. The van der Waals surface area contributed by atoms with E-state index in [1.165, 1.54) is 43.6 Å². The van der Waals surface area contributed by atoms with Crippen molar-refractivity contribution in [3.05, 3.63) is 22.4 Å². The number of rotatable bonds is 8. The van der Waals surface area contributed by atoms with Crippen molar-refractivity contribution < 1.29 is 0 Å². The van der Waals surface area contributed by atoms with Gasteiger partial charge in [-0.3, -0.25) is 9.89 Å². The van der Waals surface area contributed by atoms with Gasteiger partial charge in [-0.15, -0.1) is 11.3 Å². The Kier molecular flexibility index (Phi) is 8.60. The summed E-state index contributed by atoms with van der Waals surface area (Å²) in [5.74, 6) is 1.81. The minimum absolute atomic E-state index is 0.734.